The number of aryl methyl sites for hydroxylation is 1. The third-order valence-corrected chi connectivity index (χ3v) is 7.03. The normalized spacial score (nSPS) is 14.3. The lowest BCUT2D eigenvalue weighted by Gasteiger charge is -2.11. The highest BCUT2D eigenvalue weighted by molar-refractivity contribution is 7.87. The predicted molar refractivity (Wildman–Crippen MR) is 128 cm³/mol. The molecule has 0 radical (unpaired) electrons. The summed E-state index contributed by atoms with van der Waals surface area (Å²) in [4.78, 5) is 13.1. The molecule has 1 aromatic heterocycles. The molecule has 8 heteroatoms. The van der Waals surface area contributed by atoms with Crippen LogP contribution in [0, 0.1) is 6.92 Å². The van der Waals surface area contributed by atoms with Gasteiger partial charge in [0.15, 0.2) is 5.76 Å². The third-order valence-electron chi connectivity index (χ3n) is 5.78. The van der Waals surface area contributed by atoms with E-state index in [0.717, 1.165) is 16.5 Å². The molecule has 3 aromatic carbocycles. The van der Waals surface area contributed by atoms with E-state index in [0.29, 0.717) is 16.9 Å². The molecule has 0 atom stereocenters. The summed E-state index contributed by atoms with van der Waals surface area (Å²) in [6, 6.07) is 16.6. The highest BCUT2D eigenvalue weighted by atomic mass is 32.2. The van der Waals surface area contributed by atoms with Gasteiger partial charge in [0.25, 0.3) is 0 Å². The van der Waals surface area contributed by atoms with E-state index >= 15 is 0 Å². The van der Waals surface area contributed by atoms with Gasteiger partial charge in [-0.3, -0.25) is 4.79 Å². The Morgan fingerprint density at radius 1 is 1.03 bits per heavy atom. The van der Waals surface area contributed by atoms with E-state index in [2.05, 4.69) is 0 Å². The summed E-state index contributed by atoms with van der Waals surface area (Å²) < 4.78 is 43.9. The first-order valence-corrected chi connectivity index (χ1v) is 11.9. The second-order valence-corrected chi connectivity index (χ2v) is 9.48. The molecule has 0 spiro atoms. The molecule has 0 unspecified atom stereocenters. The second-order valence-electron chi connectivity index (χ2n) is 7.93. The van der Waals surface area contributed by atoms with Crippen molar-refractivity contribution in [3.8, 4) is 17.2 Å². The molecular weight excluding hydrogens is 454 g/mol. The number of ether oxygens (including phenoxy) is 2. The van der Waals surface area contributed by atoms with E-state index in [4.69, 9.17) is 13.7 Å². The topological polar surface area (TPSA) is 83.8 Å². The Balaban J connectivity index is 1.51. The summed E-state index contributed by atoms with van der Waals surface area (Å²) in [6.07, 6.45) is 3.59. The lowest BCUT2D eigenvalue weighted by atomic mass is 10.1. The molecule has 7 nitrogen and oxygen atoms in total. The molecule has 0 bridgehead atoms. The van der Waals surface area contributed by atoms with Gasteiger partial charge in [-0.25, -0.2) is 0 Å². The molecule has 0 saturated heterocycles. The zero-order chi connectivity index (χ0) is 24.0. The third kappa shape index (κ3) is 3.62. The maximum atomic E-state index is 13.1. The number of nitrogens with zero attached hydrogens (tertiary/aromatic N) is 1. The van der Waals surface area contributed by atoms with Crippen molar-refractivity contribution in [3.63, 3.8) is 0 Å². The number of carbonyl (C=O) groups excluding carboxylic acids is 1. The van der Waals surface area contributed by atoms with Gasteiger partial charge in [0.2, 0.25) is 5.78 Å². The summed E-state index contributed by atoms with van der Waals surface area (Å²) in [6.45, 7) is 1.66. The number of aromatic nitrogens is 1. The van der Waals surface area contributed by atoms with Crippen molar-refractivity contribution >= 4 is 32.9 Å². The lowest BCUT2D eigenvalue weighted by molar-refractivity contribution is 0.101. The molecule has 34 heavy (non-hydrogen) atoms. The number of allylic oxidation sites excluding steroid dienone is 1. The monoisotopic (exact) mass is 475 g/mol. The SMILES string of the molecule is COc1ccc2c(c1)c(/C=C1/Oc3c(ccc(OS(=O)(=O)c4ccccc4)c3C)C1=O)cn2C. The minimum atomic E-state index is -4.03. The number of Topliss-reactive ketones (excluding diaryl/α,β-unsaturated/α-hetero) is 1. The van der Waals surface area contributed by atoms with Crippen molar-refractivity contribution in [2.75, 3.05) is 7.11 Å². The van der Waals surface area contributed by atoms with Gasteiger partial charge in [0.1, 0.15) is 22.1 Å². The molecule has 0 N–H and O–H groups in total. The number of hydrogen-bond donors (Lipinski definition) is 0. The molecule has 2 heterocycles. The molecule has 5 rings (SSSR count). The fourth-order valence-electron chi connectivity index (χ4n) is 4.00. The van der Waals surface area contributed by atoms with E-state index in [1.54, 1.807) is 38.3 Å². The van der Waals surface area contributed by atoms with Crippen molar-refractivity contribution in [3.05, 3.63) is 89.3 Å². The van der Waals surface area contributed by atoms with E-state index in [1.807, 2.05) is 36.0 Å². The van der Waals surface area contributed by atoms with Crippen LogP contribution < -0.4 is 13.7 Å². The Morgan fingerprint density at radius 3 is 2.53 bits per heavy atom. The van der Waals surface area contributed by atoms with Gasteiger partial charge in [0.05, 0.1) is 12.7 Å². The minimum absolute atomic E-state index is 0.0406. The molecule has 0 aliphatic carbocycles. The van der Waals surface area contributed by atoms with Gasteiger partial charge in [-0.1, -0.05) is 18.2 Å². The lowest BCUT2D eigenvalue weighted by Crippen LogP contribution is -2.10. The molecular formula is C26H21NO6S. The average Bonchev–Trinajstić information content (AvgIpc) is 3.32. The maximum Gasteiger partial charge on any atom is 0.339 e. The zero-order valence-electron chi connectivity index (χ0n) is 18.7. The Hall–Kier alpha value is -4.04. The number of methoxy groups -OCH3 is 1. The first-order chi connectivity index (χ1) is 16.3. The summed E-state index contributed by atoms with van der Waals surface area (Å²) in [5.74, 6) is 0.964. The Labute approximate surface area is 196 Å². The van der Waals surface area contributed by atoms with Crippen LogP contribution >= 0.6 is 0 Å². The van der Waals surface area contributed by atoms with Crippen LogP contribution in [0.3, 0.4) is 0 Å². The minimum Gasteiger partial charge on any atom is -0.497 e. The van der Waals surface area contributed by atoms with Gasteiger partial charge in [-0.15, -0.1) is 0 Å². The fraction of sp³-hybridized carbons (Fsp3) is 0.115. The van der Waals surface area contributed by atoms with Gasteiger partial charge in [-0.2, -0.15) is 8.42 Å². The van der Waals surface area contributed by atoms with Crippen LogP contribution in [0.25, 0.3) is 17.0 Å². The van der Waals surface area contributed by atoms with Crippen LogP contribution in [0.4, 0.5) is 0 Å². The van der Waals surface area contributed by atoms with Crippen LogP contribution in [0.2, 0.25) is 0 Å². The first-order valence-electron chi connectivity index (χ1n) is 10.5. The molecule has 0 fully saturated rings. The van der Waals surface area contributed by atoms with E-state index < -0.39 is 10.1 Å². The number of rotatable bonds is 5. The fourth-order valence-corrected chi connectivity index (χ4v) is 5.00. The van der Waals surface area contributed by atoms with Crippen LogP contribution in [-0.2, 0) is 17.2 Å². The Kier molecular flexibility index (Phi) is 5.17. The molecule has 0 saturated carbocycles. The smallest absolute Gasteiger partial charge is 0.339 e. The molecule has 1 aliphatic heterocycles. The van der Waals surface area contributed by atoms with E-state index in [-0.39, 0.29) is 27.9 Å². The number of carbonyl (C=O) groups is 1. The van der Waals surface area contributed by atoms with Gasteiger partial charge in [0, 0.05) is 35.3 Å². The number of hydrogen-bond acceptors (Lipinski definition) is 6. The zero-order valence-corrected chi connectivity index (χ0v) is 19.5. The molecule has 172 valence electrons. The summed E-state index contributed by atoms with van der Waals surface area (Å²) in [5.41, 5.74) is 2.56. The van der Waals surface area contributed by atoms with Crippen molar-refractivity contribution in [1.82, 2.24) is 4.57 Å². The number of fused-ring (bicyclic) bond motifs is 2. The van der Waals surface area contributed by atoms with Crippen molar-refractivity contribution in [2.24, 2.45) is 7.05 Å². The second kappa shape index (κ2) is 8.07. The summed E-state index contributed by atoms with van der Waals surface area (Å²) in [5, 5.41) is 0.913. The van der Waals surface area contributed by atoms with Gasteiger partial charge < -0.3 is 18.2 Å². The van der Waals surface area contributed by atoms with Gasteiger partial charge >= 0.3 is 10.1 Å². The van der Waals surface area contributed by atoms with Crippen LogP contribution in [-0.4, -0.2) is 25.9 Å². The highest BCUT2D eigenvalue weighted by Crippen LogP contribution is 2.40. The van der Waals surface area contributed by atoms with Crippen molar-refractivity contribution in [2.45, 2.75) is 11.8 Å². The highest BCUT2D eigenvalue weighted by Gasteiger charge is 2.31. The predicted octanol–water partition coefficient (Wildman–Crippen LogP) is 4.88. The molecule has 0 amide bonds. The summed E-state index contributed by atoms with van der Waals surface area (Å²) >= 11 is 0. The maximum absolute atomic E-state index is 13.1. The van der Waals surface area contributed by atoms with E-state index in [1.165, 1.54) is 24.3 Å². The van der Waals surface area contributed by atoms with Crippen molar-refractivity contribution < 1.29 is 26.9 Å². The standard InChI is InChI=1S/C26H21NO6S/c1-16-23(33-34(29,30)19-7-5-4-6-8-19)12-10-20-25(28)24(32-26(16)20)13-17-15-27(2)22-11-9-18(31-3)14-21(17)22/h4-15H,1-3H3/b24-13+. The summed E-state index contributed by atoms with van der Waals surface area (Å²) in [7, 11) is -0.506. The number of benzene rings is 3. The Morgan fingerprint density at radius 2 is 1.79 bits per heavy atom. The van der Waals surface area contributed by atoms with Crippen LogP contribution in [0.15, 0.2) is 77.5 Å². The largest absolute Gasteiger partial charge is 0.497 e. The van der Waals surface area contributed by atoms with Crippen LogP contribution in [0.1, 0.15) is 21.5 Å². The average molecular weight is 476 g/mol. The molecule has 4 aromatic rings. The quantitative estimate of drug-likeness (QED) is 0.302. The van der Waals surface area contributed by atoms with E-state index in [9.17, 15) is 13.2 Å². The first kappa shape index (κ1) is 21.8. The Bertz CT molecular complexity index is 1580. The van der Waals surface area contributed by atoms with Crippen molar-refractivity contribution in [1.29, 1.82) is 0 Å². The van der Waals surface area contributed by atoms with Crippen LogP contribution in [0.5, 0.6) is 17.2 Å². The molecule has 1 aliphatic rings. The van der Waals surface area contributed by atoms with Gasteiger partial charge in [-0.05, 0) is 55.5 Å². The number of ketones is 1.